The maximum Gasteiger partial charge on any atom is 0.250 e. The van der Waals surface area contributed by atoms with Crippen LogP contribution in [0.15, 0.2) is 16.3 Å². The van der Waals surface area contributed by atoms with Crippen LogP contribution < -0.4 is 10.0 Å². The lowest BCUT2D eigenvalue weighted by molar-refractivity contribution is 0.0568. The zero-order valence-corrected chi connectivity index (χ0v) is 13.4. The van der Waals surface area contributed by atoms with Crippen LogP contribution in [-0.4, -0.2) is 41.8 Å². The quantitative estimate of drug-likeness (QED) is 0.793. The Hall–Kier alpha value is -0.470. The molecule has 0 saturated carbocycles. The Morgan fingerprint density at radius 1 is 1.45 bits per heavy atom. The highest BCUT2D eigenvalue weighted by molar-refractivity contribution is 7.91. The molecule has 20 heavy (non-hydrogen) atoms. The molecule has 0 spiro atoms. The first kappa shape index (κ1) is 15.9. The number of nitrogens with one attached hydrogen (secondary N) is 2. The molecule has 2 N–H and O–H groups in total. The standard InChI is InChI=1S/C13H22N2O3S2/c1-14-7-6-12-4-5-13(19-12)20(16,17)15-9-11-3-2-8-18-10-11/h4-5,11,14-15H,2-3,6-10H2,1H3. The second kappa shape index (κ2) is 7.51. The summed E-state index contributed by atoms with van der Waals surface area (Å²) in [5.74, 6) is 0.294. The molecule has 1 fully saturated rings. The summed E-state index contributed by atoms with van der Waals surface area (Å²) >= 11 is 1.34. The van der Waals surface area contributed by atoms with E-state index < -0.39 is 10.0 Å². The van der Waals surface area contributed by atoms with Crippen molar-refractivity contribution in [2.75, 3.05) is 33.4 Å². The smallest absolute Gasteiger partial charge is 0.250 e. The molecule has 5 nitrogen and oxygen atoms in total. The lowest BCUT2D eigenvalue weighted by Crippen LogP contribution is -2.32. The summed E-state index contributed by atoms with van der Waals surface area (Å²) in [5, 5.41) is 3.06. The Labute approximate surface area is 124 Å². The molecule has 1 atom stereocenters. The first-order chi connectivity index (χ1) is 9.62. The van der Waals surface area contributed by atoms with Crippen molar-refractivity contribution in [3.05, 3.63) is 17.0 Å². The largest absolute Gasteiger partial charge is 0.381 e. The molecule has 2 rings (SSSR count). The molecule has 114 valence electrons. The molecule has 1 aliphatic heterocycles. The second-order valence-electron chi connectivity index (χ2n) is 5.01. The van der Waals surface area contributed by atoms with E-state index in [1.54, 1.807) is 6.07 Å². The Kier molecular flexibility index (Phi) is 5.98. The molecule has 1 unspecified atom stereocenters. The number of hydrogen-bond acceptors (Lipinski definition) is 5. The SMILES string of the molecule is CNCCc1ccc(S(=O)(=O)NCC2CCCOC2)s1. The fourth-order valence-electron chi connectivity index (χ4n) is 2.15. The number of ether oxygens (including phenoxy) is 1. The van der Waals surface area contributed by atoms with Gasteiger partial charge in [-0.25, -0.2) is 13.1 Å². The number of likely N-dealkylation sites (N-methyl/N-ethyl adjacent to an activating group) is 1. The minimum atomic E-state index is -3.37. The van der Waals surface area contributed by atoms with Crippen molar-refractivity contribution in [3.8, 4) is 0 Å². The lowest BCUT2D eigenvalue weighted by atomic mass is 10.0. The Balaban J connectivity index is 1.90. The van der Waals surface area contributed by atoms with Gasteiger partial charge in [-0.15, -0.1) is 11.3 Å². The normalized spacial score (nSPS) is 20.1. The van der Waals surface area contributed by atoms with Crippen LogP contribution in [0.5, 0.6) is 0 Å². The Bertz CT molecular complexity index is 507. The summed E-state index contributed by atoms with van der Waals surface area (Å²) < 4.78 is 32.9. The molecule has 0 amide bonds. The number of thiophene rings is 1. The van der Waals surface area contributed by atoms with Gasteiger partial charge in [0, 0.05) is 18.0 Å². The highest BCUT2D eigenvalue weighted by atomic mass is 32.2. The van der Waals surface area contributed by atoms with E-state index in [0.717, 1.165) is 37.3 Å². The summed E-state index contributed by atoms with van der Waals surface area (Å²) in [6, 6.07) is 3.58. The van der Waals surface area contributed by atoms with E-state index in [-0.39, 0.29) is 0 Å². The van der Waals surface area contributed by atoms with Gasteiger partial charge in [0.2, 0.25) is 10.0 Å². The van der Waals surface area contributed by atoms with Crippen molar-refractivity contribution in [3.63, 3.8) is 0 Å². The van der Waals surface area contributed by atoms with Crippen LogP contribution in [0.2, 0.25) is 0 Å². The summed E-state index contributed by atoms with van der Waals surface area (Å²) in [4.78, 5) is 1.08. The maximum atomic E-state index is 12.2. The number of rotatable bonds is 7. The van der Waals surface area contributed by atoms with E-state index in [1.807, 2.05) is 13.1 Å². The minimum absolute atomic E-state index is 0.294. The van der Waals surface area contributed by atoms with Crippen molar-refractivity contribution in [1.29, 1.82) is 0 Å². The second-order valence-corrected chi connectivity index (χ2v) is 8.17. The first-order valence-corrected chi connectivity index (χ1v) is 9.22. The van der Waals surface area contributed by atoms with Crippen LogP contribution in [0.1, 0.15) is 17.7 Å². The molecule has 0 aliphatic carbocycles. The van der Waals surface area contributed by atoms with Crippen molar-refractivity contribution in [1.82, 2.24) is 10.0 Å². The van der Waals surface area contributed by atoms with Crippen LogP contribution >= 0.6 is 11.3 Å². The van der Waals surface area contributed by atoms with Gasteiger partial charge in [-0.3, -0.25) is 0 Å². The molecule has 1 aliphatic rings. The zero-order valence-electron chi connectivity index (χ0n) is 11.7. The fraction of sp³-hybridized carbons (Fsp3) is 0.692. The van der Waals surface area contributed by atoms with Crippen molar-refractivity contribution < 1.29 is 13.2 Å². The minimum Gasteiger partial charge on any atom is -0.381 e. The summed E-state index contributed by atoms with van der Waals surface area (Å²) in [5.41, 5.74) is 0. The number of hydrogen-bond donors (Lipinski definition) is 2. The third-order valence-electron chi connectivity index (χ3n) is 3.34. The number of sulfonamides is 1. The topological polar surface area (TPSA) is 67.4 Å². The predicted octanol–water partition coefficient (Wildman–Crippen LogP) is 1.21. The predicted molar refractivity (Wildman–Crippen MR) is 80.7 cm³/mol. The van der Waals surface area contributed by atoms with E-state index in [1.165, 1.54) is 11.3 Å². The molecule has 0 radical (unpaired) electrons. The molecule has 1 aromatic heterocycles. The van der Waals surface area contributed by atoms with Crippen LogP contribution in [0.4, 0.5) is 0 Å². The summed E-state index contributed by atoms with van der Waals surface area (Å²) in [6.07, 6.45) is 2.90. The molecule has 1 aromatic rings. The third-order valence-corrected chi connectivity index (χ3v) is 6.40. The van der Waals surface area contributed by atoms with Crippen LogP contribution in [0, 0.1) is 5.92 Å². The highest BCUT2D eigenvalue weighted by Crippen LogP contribution is 2.22. The van der Waals surface area contributed by atoms with Gasteiger partial charge in [-0.2, -0.15) is 0 Å². The van der Waals surface area contributed by atoms with E-state index in [2.05, 4.69) is 10.0 Å². The first-order valence-electron chi connectivity index (χ1n) is 6.92. The van der Waals surface area contributed by atoms with Crippen LogP contribution in [-0.2, 0) is 21.2 Å². The molecular weight excluding hydrogens is 296 g/mol. The van der Waals surface area contributed by atoms with Crippen molar-refractivity contribution >= 4 is 21.4 Å². The van der Waals surface area contributed by atoms with Crippen LogP contribution in [0.25, 0.3) is 0 Å². The molecular formula is C13H22N2O3S2. The highest BCUT2D eigenvalue weighted by Gasteiger charge is 2.20. The average Bonchev–Trinajstić information content (AvgIpc) is 2.94. The Morgan fingerprint density at radius 2 is 2.30 bits per heavy atom. The van der Waals surface area contributed by atoms with E-state index in [4.69, 9.17) is 4.74 Å². The monoisotopic (exact) mass is 318 g/mol. The molecule has 0 aromatic carbocycles. The van der Waals surface area contributed by atoms with Crippen molar-refractivity contribution in [2.45, 2.75) is 23.5 Å². The summed E-state index contributed by atoms with van der Waals surface area (Å²) in [6.45, 7) is 2.77. The van der Waals surface area contributed by atoms with Gasteiger partial charge in [0.15, 0.2) is 0 Å². The van der Waals surface area contributed by atoms with Gasteiger partial charge in [0.1, 0.15) is 4.21 Å². The van der Waals surface area contributed by atoms with Gasteiger partial charge in [0.25, 0.3) is 0 Å². The van der Waals surface area contributed by atoms with Gasteiger partial charge < -0.3 is 10.1 Å². The van der Waals surface area contributed by atoms with Gasteiger partial charge in [-0.05, 0) is 50.9 Å². The van der Waals surface area contributed by atoms with E-state index in [0.29, 0.717) is 23.3 Å². The maximum absolute atomic E-state index is 12.2. The fourth-order valence-corrected chi connectivity index (χ4v) is 4.67. The Morgan fingerprint density at radius 3 is 3.00 bits per heavy atom. The van der Waals surface area contributed by atoms with E-state index in [9.17, 15) is 8.42 Å². The average molecular weight is 318 g/mol. The van der Waals surface area contributed by atoms with Crippen molar-refractivity contribution in [2.24, 2.45) is 5.92 Å². The molecule has 1 saturated heterocycles. The summed E-state index contributed by atoms with van der Waals surface area (Å²) in [7, 11) is -1.48. The molecule has 2 heterocycles. The van der Waals surface area contributed by atoms with Gasteiger partial charge in [-0.1, -0.05) is 0 Å². The van der Waals surface area contributed by atoms with Gasteiger partial charge in [0.05, 0.1) is 6.61 Å². The molecule has 0 bridgehead atoms. The van der Waals surface area contributed by atoms with E-state index >= 15 is 0 Å². The van der Waals surface area contributed by atoms with Gasteiger partial charge >= 0.3 is 0 Å². The zero-order chi connectivity index (χ0) is 14.4. The lowest BCUT2D eigenvalue weighted by Gasteiger charge is -2.21. The van der Waals surface area contributed by atoms with Crippen LogP contribution in [0.3, 0.4) is 0 Å². The third kappa shape index (κ3) is 4.53. The molecule has 7 heteroatoms.